The van der Waals surface area contributed by atoms with Crippen LogP contribution in [0, 0.1) is 12.7 Å². The zero-order valence-electron chi connectivity index (χ0n) is 16.5. The summed E-state index contributed by atoms with van der Waals surface area (Å²) in [7, 11) is -2.21. The number of benzene rings is 3. The molecular weight excluding hydrogens is 407 g/mol. The molecule has 3 aromatic carbocycles. The third kappa shape index (κ3) is 4.96. The molecule has 1 amide bonds. The van der Waals surface area contributed by atoms with Crippen molar-refractivity contribution in [3.63, 3.8) is 0 Å². The maximum atomic E-state index is 13.5. The highest BCUT2D eigenvalue weighted by molar-refractivity contribution is 7.92. The maximum absolute atomic E-state index is 13.5. The van der Waals surface area contributed by atoms with Crippen LogP contribution in [0.5, 0.6) is 5.75 Å². The molecular formula is C22H21FN2O4S. The fourth-order valence-corrected chi connectivity index (χ4v) is 3.87. The zero-order chi connectivity index (χ0) is 21.7. The predicted molar refractivity (Wildman–Crippen MR) is 114 cm³/mol. The van der Waals surface area contributed by atoms with E-state index in [4.69, 9.17) is 4.74 Å². The van der Waals surface area contributed by atoms with Crippen LogP contribution in [-0.2, 0) is 14.8 Å². The van der Waals surface area contributed by atoms with E-state index in [1.807, 2.05) is 0 Å². The van der Waals surface area contributed by atoms with E-state index in [-0.39, 0.29) is 11.5 Å². The topological polar surface area (TPSA) is 75.7 Å². The van der Waals surface area contributed by atoms with Crippen molar-refractivity contribution < 1.29 is 22.3 Å². The van der Waals surface area contributed by atoms with Crippen LogP contribution in [-0.4, -0.2) is 28.0 Å². The first-order valence-corrected chi connectivity index (χ1v) is 10.5. The Kier molecular flexibility index (Phi) is 6.37. The summed E-state index contributed by atoms with van der Waals surface area (Å²) in [5.74, 6) is -0.445. The number of nitrogens with zero attached hydrogens (tertiary/aromatic N) is 1. The molecule has 0 unspecified atom stereocenters. The number of anilines is 2. The molecule has 0 radical (unpaired) electrons. The average molecular weight is 428 g/mol. The fourth-order valence-electron chi connectivity index (χ4n) is 2.66. The van der Waals surface area contributed by atoms with Crippen LogP contribution in [0.1, 0.15) is 5.56 Å². The van der Waals surface area contributed by atoms with Gasteiger partial charge >= 0.3 is 0 Å². The van der Waals surface area contributed by atoms with Gasteiger partial charge < -0.3 is 10.1 Å². The van der Waals surface area contributed by atoms with Crippen LogP contribution in [0.15, 0.2) is 77.7 Å². The lowest BCUT2D eigenvalue weighted by Gasteiger charge is -2.19. The number of carbonyl (C=O) groups excluding carboxylic acids is 1. The summed E-state index contributed by atoms with van der Waals surface area (Å²) in [6.45, 7) is 1.36. The van der Waals surface area contributed by atoms with E-state index in [1.165, 1.54) is 29.6 Å². The number of carbonyl (C=O) groups is 1. The van der Waals surface area contributed by atoms with E-state index in [0.29, 0.717) is 22.7 Å². The first kappa shape index (κ1) is 21.3. The van der Waals surface area contributed by atoms with Gasteiger partial charge in [0.1, 0.15) is 11.6 Å². The summed E-state index contributed by atoms with van der Waals surface area (Å²) in [4.78, 5) is 12.2. The number of nitrogens with one attached hydrogen (secondary N) is 1. The monoisotopic (exact) mass is 428 g/mol. The number of sulfonamides is 1. The lowest BCUT2D eigenvalue weighted by molar-refractivity contribution is -0.118. The number of ether oxygens (including phenoxy) is 1. The molecule has 0 saturated carbocycles. The predicted octanol–water partition coefficient (Wildman–Crippen LogP) is 3.98. The van der Waals surface area contributed by atoms with E-state index in [0.717, 1.165) is 0 Å². The lowest BCUT2D eigenvalue weighted by atomic mass is 10.2. The van der Waals surface area contributed by atoms with Crippen LogP contribution < -0.4 is 14.4 Å². The maximum Gasteiger partial charge on any atom is 0.264 e. The van der Waals surface area contributed by atoms with Crippen molar-refractivity contribution in [3.8, 4) is 5.75 Å². The second-order valence-corrected chi connectivity index (χ2v) is 8.55. The normalized spacial score (nSPS) is 11.0. The van der Waals surface area contributed by atoms with Crippen molar-refractivity contribution in [3.05, 3.63) is 84.2 Å². The summed E-state index contributed by atoms with van der Waals surface area (Å²) >= 11 is 0. The molecule has 156 valence electrons. The Morgan fingerprint density at radius 3 is 2.33 bits per heavy atom. The van der Waals surface area contributed by atoms with Crippen molar-refractivity contribution in [2.75, 3.05) is 23.3 Å². The molecule has 3 rings (SSSR count). The van der Waals surface area contributed by atoms with Crippen molar-refractivity contribution >= 4 is 27.3 Å². The van der Waals surface area contributed by atoms with Gasteiger partial charge in [0, 0.05) is 12.7 Å². The van der Waals surface area contributed by atoms with E-state index in [9.17, 15) is 17.6 Å². The Hall–Kier alpha value is -3.39. The quantitative estimate of drug-likeness (QED) is 0.618. The van der Waals surface area contributed by atoms with Gasteiger partial charge in [-0.05, 0) is 61.0 Å². The van der Waals surface area contributed by atoms with Gasteiger partial charge in [0.15, 0.2) is 6.61 Å². The summed E-state index contributed by atoms with van der Waals surface area (Å²) in [5.41, 5.74) is 1.28. The van der Waals surface area contributed by atoms with Gasteiger partial charge in [-0.15, -0.1) is 0 Å². The first-order valence-electron chi connectivity index (χ1n) is 9.10. The van der Waals surface area contributed by atoms with E-state index in [1.54, 1.807) is 61.5 Å². The van der Waals surface area contributed by atoms with E-state index < -0.39 is 21.7 Å². The molecule has 0 bridgehead atoms. The minimum atomic E-state index is -3.67. The van der Waals surface area contributed by atoms with Gasteiger partial charge in [-0.3, -0.25) is 9.10 Å². The number of hydrogen-bond acceptors (Lipinski definition) is 4. The highest BCUT2D eigenvalue weighted by atomic mass is 32.2. The molecule has 0 aliphatic rings. The van der Waals surface area contributed by atoms with Crippen LogP contribution in [0.2, 0.25) is 0 Å². The number of amides is 1. The summed E-state index contributed by atoms with van der Waals surface area (Å²) < 4.78 is 45.5. The molecule has 1 N–H and O–H groups in total. The van der Waals surface area contributed by atoms with Gasteiger partial charge in [-0.2, -0.15) is 0 Å². The summed E-state index contributed by atoms with van der Waals surface area (Å²) in [5, 5.41) is 2.56. The molecule has 0 aliphatic carbocycles. The Labute approximate surface area is 175 Å². The lowest BCUT2D eigenvalue weighted by Crippen LogP contribution is -2.26. The molecule has 3 aromatic rings. The number of rotatable bonds is 7. The van der Waals surface area contributed by atoms with Crippen molar-refractivity contribution in [2.24, 2.45) is 0 Å². The van der Waals surface area contributed by atoms with Crippen LogP contribution in [0.4, 0.5) is 15.8 Å². The molecule has 0 heterocycles. The molecule has 30 heavy (non-hydrogen) atoms. The van der Waals surface area contributed by atoms with Crippen molar-refractivity contribution in [2.45, 2.75) is 11.8 Å². The van der Waals surface area contributed by atoms with E-state index in [2.05, 4.69) is 5.32 Å². The smallest absolute Gasteiger partial charge is 0.264 e. The minimum Gasteiger partial charge on any atom is -0.484 e. The van der Waals surface area contributed by atoms with Gasteiger partial charge in [0.2, 0.25) is 0 Å². The molecule has 6 nitrogen and oxygen atoms in total. The number of hydrogen-bond donors (Lipinski definition) is 1. The first-order chi connectivity index (χ1) is 14.3. The van der Waals surface area contributed by atoms with Crippen molar-refractivity contribution in [1.82, 2.24) is 0 Å². The number of aryl methyl sites for hydroxylation is 1. The molecule has 0 aliphatic heterocycles. The molecule has 0 spiro atoms. The van der Waals surface area contributed by atoms with Gasteiger partial charge in [0.05, 0.1) is 10.6 Å². The van der Waals surface area contributed by atoms with Crippen molar-refractivity contribution in [1.29, 1.82) is 0 Å². The zero-order valence-corrected chi connectivity index (χ0v) is 17.3. The second kappa shape index (κ2) is 8.96. The van der Waals surface area contributed by atoms with Gasteiger partial charge in [-0.25, -0.2) is 12.8 Å². The molecule has 0 saturated heterocycles. The second-order valence-electron chi connectivity index (χ2n) is 6.58. The highest BCUT2D eigenvalue weighted by Gasteiger charge is 2.20. The largest absolute Gasteiger partial charge is 0.484 e. The molecule has 0 aromatic heterocycles. The third-order valence-corrected chi connectivity index (χ3v) is 6.23. The molecule has 8 heteroatoms. The Morgan fingerprint density at radius 1 is 1.03 bits per heavy atom. The van der Waals surface area contributed by atoms with Crippen LogP contribution in [0.3, 0.4) is 0 Å². The van der Waals surface area contributed by atoms with Gasteiger partial charge in [-0.1, -0.05) is 24.3 Å². The standard InChI is InChI=1S/C22H21FN2O4S/c1-16-8-9-17(14-21(16)23)24-22(26)15-29-19-12-10-18(11-13-19)25(2)30(27,28)20-6-4-3-5-7-20/h3-14H,15H2,1-2H3,(H,24,26). The Bertz CT molecular complexity index is 1130. The molecule has 0 atom stereocenters. The third-order valence-electron chi connectivity index (χ3n) is 4.43. The highest BCUT2D eigenvalue weighted by Crippen LogP contribution is 2.24. The summed E-state index contributed by atoms with van der Waals surface area (Å²) in [6, 6.07) is 18.9. The molecule has 0 fully saturated rings. The average Bonchev–Trinajstić information content (AvgIpc) is 2.75. The Balaban J connectivity index is 1.60. The van der Waals surface area contributed by atoms with Gasteiger partial charge in [0.25, 0.3) is 15.9 Å². The summed E-state index contributed by atoms with van der Waals surface area (Å²) in [6.07, 6.45) is 0. The minimum absolute atomic E-state index is 0.192. The van der Waals surface area contributed by atoms with Crippen LogP contribution in [0.25, 0.3) is 0 Å². The number of halogens is 1. The van der Waals surface area contributed by atoms with E-state index >= 15 is 0 Å². The SMILES string of the molecule is Cc1ccc(NC(=O)COc2ccc(N(C)S(=O)(=O)c3ccccc3)cc2)cc1F. The fraction of sp³-hybridized carbons (Fsp3) is 0.136. The van der Waals surface area contributed by atoms with Crippen LogP contribution >= 0.6 is 0 Å². The Morgan fingerprint density at radius 2 is 1.70 bits per heavy atom.